The van der Waals surface area contributed by atoms with Crippen molar-refractivity contribution in [2.24, 2.45) is 0 Å². The SMILES string of the molecule is CCCCCCCCC/C=C/CC/C=C/[C@H](O)[C@@H](COP(=O)([O-])OCC[N+](C)(C)C)NC(=O)CCCCCCCCCCCCCCCCC. The lowest BCUT2D eigenvalue weighted by atomic mass is 10.0. The number of aliphatic hydroxyl groups excluding tert-OH is 1. The van der Waals surface area contributed by atoms with Gasteiger partial charge < -0.3 is 28.8 Å². The monoisotopic (exact) mass is 729 g/mol. The van der Waals surface area contributed by atoms with Gasteiger partial charge in [0.15, 0.2) is 0 Å². The lowest BCUT2D eigenvalue weighted by molar-refractivity contribution is -0.870. The number of phosphoric ester groups is 1. The number of carbonyl (C=O) groups is 1. The Kier molecular flexibility index (Phi) is 33.1. The Morgan fingerprint density at radius 2 is 1.12 bits per heavy atom. The number of nitrogens with one attached hydrogen (secondary N) is 1. The van der Waals surface area contributed by atoms with Gasteiger partial charge in [-0.1, -0.05) is 167 Å². The van der Waals surface area contributed by atoms with Gasteiger partial charge in [0, 0.05) is 6.42 Å². The van der Waals surface area contributed by atoms with Crippen LogP contribution in [0.25, 0.3) is 0 Å². The van der Waals surface area contributed by atoms with Crippen molar-refractivity contribution >= 4 is 13.7 Å². The molecule has 3 atom stereocenters. The number of amides is 1. The van der Waals surface area contributed by atoms with Crippen molar-refractivity contribution in [2.75, 3.05) is 40.9 Å². The van der Waals surface area contributed by atoms with Crippen LogP contribution in [-0.4, -0.2) is 68.5 Å². The van der Waals surface area contributed by atoms with Crippen molar-refractivity contribution in [3.8, 4) is 0 Å². The Morgan fingerprint density at radius 3 is 1.62 bits per heavy atom. The van der Waals surface area contributed by atoms with E-state index in [0.29, 0.717) is 17.4 Å². The average molecular weight is 729 g/mol. The first-order valence-corrected chi connectivity index (χ1v) is 22.2. The molecule has 0 bridgehead atoms. The predicted octanol–water partition coefficient (Wildman–Crippen LogP) is 10.3. The molecular weight excluding hydrogens is 647 g/mol. The molecule has 2 N–H and O–H groups in total. The number of rotatable bonds is 37. The summed E-state index contributed by atoms with van der Waals surface area (Å²) < 4.78 is 23.1. The molecule has 0 aromatic heterocycles. The molecule has 0 spiro atoms. The van der Waals surface area contributed by atoms with Crippen LogP contribution in [0.15, 0.2) is 24.3 Å². The maximum atomic E-state index is 12.8. The number of unbranched alkanes of at least 4 members (excludes halogenated alkanes) is 22. The first kappa shape index (κ1) is 49.0. The molecule has 296 valence electrons. The van der Waals surface area contributed by atoms with E-state index in [1.807, 2.05) is 27.2 Å². The van der Waals surface area contributed by atoms with Crippen molar-refractivity contribution in [3.05, 3.63) is 24.3 Å². The molecule has 0 aliphatic rings. The number of nitrogens with zero attached hydrogens (tertiary/aromatic N) is 1. The number of allylic oxidation sites excluding steroid dienone is 3. The molecule has 0 aromatic rings. The highest BCUT2D eigenvalue weighted by Crippen LogP contribution is 2.38. The molecule has 0 rings (SSSR count). The van der Waals surface area contributed by atoms with Crippen LogP contribution < -0.4 is 10.2 Å². The lowest BCUT2D eigenvalue weighted by Gasteiger charge is -2.29. The summed E-state index contributed by atoms with van der Waals surface area (Å²) in [4.78, 5) is 25.2. The number of carbonyl (C=O) groups excluding carboxylic acids is 1. The second kappa shape index (κ2) is 33.8. The second-order valence-corrected chi connectivity index (χ2v) is 16.8. The van der Waals surface area contributed by atoms with E-state index in [1.165, 1.54) is 122 Å². The third-order valence-electron chi connectivity index (χ3n) is 9.16. The zero-order valence-electron chi connectivity index (χ0n) is 33.4. The highest BCUT2D eigenvalue weighted by Gasteiger charge is 2.23. The fourth-order valence-corrected chi connectivity index (χ4v) is 6.54. The van der Waals surface area contributed by atoms with Crippen molar-refractivity contribution in [3.63, 3.8) is 0 Å². The van der Waals surface area contributed by atoms with Crippen LogP contribution in [-0.2, 0) is 18.4 Å². The van der Waals surface area contributed by atoms with Crippen LogP contribution in [0.5, 0.6) is 0 Å². The maximum Gasteiger partial charge on any atom is 0.268 e. The molecule has 0 aliphatic carbocycles. The maximum absolute atomic E-state index is 12.8. The van der Waals surface area contributed by atoms with Crippen molar-refractivity contribution in [2.45, 2.75) is 193 Å². The van der Waals surface area contributed by atoms with Gasteiger partial charge in [0.1, 0.15) is 13.2 Å². The number of aliphatic hydroxyl groups is 1. The van der Waals surface area contributed by atoms with Gasteiger partial charge in [-0.25, -0.2) is 0 Å². The predicted molar refractivity (Wildman–Crippen MR) is 210 cm³/mol. The summed E-state index contributed by atoms with van der Waals surface area (Å²) in [5.74, 6) is -0.208. The van der Waals surface area contributed by atoms with Gasteiger partial charge in [-0.3, -0.25) is 9.36 Å². The fourth-order valence-electron chi connectivity index (χ4n) is 5.81. The van der Waals surface area contributed by atoms with E-state index in [4.69, 9.17) is 9.05 Å². The van der Waals surface area contributed by atoms with Crippen LogP contribution in [0, 0.1) is 0 Å². The normalized spacial score (nSPS) is 14.8. The number of hydrogen-bond donors (Lipinski definition) is 2. The largest absolute Gasteiger partial charge is 0.756 e. The quantitative estimate of drug-likeness (QED) is 0.0285. The molecule has 0 aliphatic heterocycles. The number of hydrogen-bond acceptors (Lipinski definition) is 6. The van der Waals surface area contributed by atoms with E-state index in [2.05, 4.69) is 31.3 Å². The molecule has 1 amide bonds. The zero-order valence-corrected chi connectivity index (χ0v) is 34.2. The summed E-state index contributed by atoms with van der Waals surface area (Å²) in [6.45, 7) is 4.61. The number of quaternary nitrogens is 1. The van der Waals surface area contributed by atoms with Crippen molar-refractivity contribution in [1.82, 2.24) is 5.32 Å². The van der Waals surface area contributed by atoms with Crippen molar-refractivity contribution in [1.29, 1.82) is 0 Å². The minimum absolute atomic E-state index is 0.00453. The summed E-state index contributed by atoms with van der Waals surface area (Å²) >= 11 is 0. The molecule has 0 saturated carbocycles. The van der Waals surface area contributed by atoms with Crippen LogP contribution in [0.1, 0.15) is 181 Å². The fraction of sp³-hybridized carbons (Fsp3) is 0.878. The molecule has 0 fully saturated rings. The van der Waals surface area contributed by atoms with Crippen LogP contribution in [0.4, 0.5) is 0 Å². The molecule has 9 heteroatoms. The summed E-state index contributed by atoms with van der Waals surface area (Å²) in [5.41, 5.74) is 0. The Morgan fingerprint density at radius 1 is 0.680 bits per heavy atom. The summed E-state index contributed by atoms with van der Waals surface area (Å²) in [6, 6.07) is -0.896. The average Bonchev–Trinajstić information content (AvgIpc) is 3.06. The Balaban J connectivity index is 4.50. The smallest absolute Gasteiger partial charge is 0.268 e. The molecule has 8 nitrogen and oxygen atoms in total. The zero-order chi connectivity index (χ0) is 37.2. The van der Waals surface area contributed by atoms with Gasteiger partial charge >= 0.3 is 0 Å². The Bertz CT molecular complexity index is 876. The van der Waals surface area contributed by atoms with Crippen LogP contribution >= 0.6 is 7.82 Å². The molecule has 0 aromatic carbocycles. The van der Waals surface area contributed by atoms with Gasteiger partial charge in [-0.05, 0) is 32.1 Å². The third kappa shape index (κ3) is 35.4. The van der Waals surface area contributed by atoms with E-state index in [-0.39, 0.29) is 19.1 Å². The van der Waals surface area contributed by atoms with Gasteiger partial charge in [0.25, 0.3) is 7.82 Å². The molecule has 1 unspecified atom stereocenters. The van der Waals surface area contributed by atoms with E-state index < -0.39 is 20.0 Å². The topological polar surface area (TPSA) is 108 Å². The standard InChI is InChI=1S/C41H81N2O6P/c1-6-8-10-12-14-16-18-20-21-23-25-27-29-31-33-35-41(45)42-39(38-49-50(46,47)48-37-36-43(3,4)5)40(44)34-32-30-28-26-24-22-19-17-15-13-11-9-7-2/h24,26,32,34,39-40,44H,6-23,25,27-31,33,35-38H2,1-5H3,(H-,42,45,46,47)/b26-24+,34-32+/t39-,40+/m1/s1. The molecule has 0 heterocycles. The first-order valence-electron chi connectivity index (χ1n) is 20.7. The first-order chi connectivity index (χ1) is 24.0. The van der Waals surface area contributed by atoms with Gasteiger partial charge in [0.2, 0.25) is 5.91 Å². The van der Waals surface area contributed by atoms with Gasteiger partial charge in [-0.15, -0.1) is 0 Å². The second-order valence-electron chi connectivity index (χ2n) is 15.3. The Hall–Kier alpha value is -1.02. The summed E-state index contributed by atoms with van der Waals surface area (Å²) in [7, 11) is 1.25. The van der Waals surface area contributed by atoms with Crippen molar-refractivity contribution < 1.29 is 32.9 Å². The lowest BCUT2D eigenvalue weighted by Crippen LogP contribution is -2.45. The summed E-state index contributed by atoms with van der Waals surface area (Å²) in [5, 5.41) is 13.7. The third-order valence-corrected chi connectivity index (χ3v) is 10.1. The van der Waals surface area contributed by atoms with E-state index in [1.54, 1.807) is 6.08 Å². The minimum Gasteiger partial charge on any atom is -0.756 e. The number of phosphoric acid groups is 1. The van der Waals surface area contributed by atoms with Gasteiger partial charge in [-0.2, -0.15) is 0 Å². The molecule has 50 heavy (non-hydrogen) atoms. The molecular formula is C41H81N2O6P. The Labute approximate surface area is 309 Å². The van der Waals surface area contributed by atoms with Crippen LogP contribution in [0.2, 0.25) is 0 Å². The highest BCUT2D eigenvalue weighted by molar-refractivity contribution is 7.45. The van der Waals surface area contributed by atoms with E-state index >= 15 is 0 Å². The summed E-state index contributed by atoms with van der Waals surface area (Å²) in [6.07, 6.45) is 37.9. The molecule has 0 saturated heterocycles. The number of likely N-dealkylation sites (N-methyl/N-ethyl adjacent to an activating group) is 1. The minimum atomic E-state index is -4.58. The van der Waals surface area contributed by atoms with Crippen LogP contribution in [0.3, 0.4) is 0 Å². The van der Waals surface area contributed by atoms with Gasteiger partial charge in [0.05, 0.1) is 39.9 Å². The highest BCUT2D eigenvalue weighted by atomic mass is 31.2. The van der Waals surface area contributed by atoms with E-state index in [0.717, 1.165) is 38.5 Å². The molecule has 0 radical (unpaired) electrons. The van der Waals surface area contributed by atoms with E-state index in [9.17, 15) is 19.4 Å².